The summed E-state index contributed by atoms with van der Waals surface area (Å²) in [5.74, 6) is -0.985. The third-order valence-electron chi connectivity index (χ3n) is 2.73. The van der Waals surface area contributed by atoms with E-state index in [2.05, 4.69) is 5.32 Å². The van der Waals surface area contributed by atoms with Gasteiger partial charge in [-0.1, -0.05) is 29.8 Å². The van der Waals surface area contributed by atoms with Crippen LogP contribution >= 0.6 is 11.6 Å². The summed E-state index contributed by atoms with van der Waals surface area (Å²) in [7, 11) is 0. The molecule has 21 heavy (non-hydrogen) atoms. The van der Waals surface area contributed by atoms with Gasteiger partial charge in [-0.3, -0.25) is 0 Å². The average molecular weight is 309 g/mol. The fourth-order valence-corrected chi connectivity index (χ4v) is 2.06. The molecule has 0 heterocycles. The lowest BCUT2D eigenvalue weighted by atomic mass is 10.2. The Morgan fingerprint density at radius 3 is 2.71 bits per heavy atom. The van der Waals surface area contributed by atoms with Crippen molar-refractivity contribution >= 4 is 17.3 Å². The van der Waals surface area contributed by atoms with Gasteiger partial charge in [-0.15, -0.1) is 0 Å². The van der Waals surface area contributed by atoms with E-state index in [0.717, 1.165) is 17.7 Å². The molecule has 0 aliphatic heterocycles. The monoisotopic (exact) mass is 308 g/mol. The number of nitrogens with one attached hydrogen (secondary N) is 1. The SMILES string of the molecule is N#CCOc1ccccc1CNc1c(F)cc(F)cc1Cl. The van der Waals surface area contributed by atoms with Crippen LogP contribution in [0.1, 0.15) is 5.56 Å². The van der Waals surface area contributed by atoms with Crippen LogP contribution in [0.4, 0.5) is 14.5 Å². The molecule has 3 nitrogen and oxygen atoms in total. The summed E-state index contributed by atoms with van der Waals surface area (Å²) in [5.41, 5.74) is 0.751. The number of nitriles is 1. The van der Waals surface area contributed by atoms with Crippen LogP contribution in [-0.2, 0) is 6.54 Å². The van der Waals surface area contributed by atoms with Gasteiger partial charge in [0.1, 0.15) is 17.6 Å². The van der Waals surface area contributed by atoms with Gasteiger partial charge in [0.2, 0.25) is 0 Å². The Labute approximate surface area is 125 Å². The summed E-state index contributed by atoms with van der Waals surface area (Å²) in [5, 5.41) is 11.3. The highest BCUT2D eigenvalue weighted by Crippen LogP contribution is 2.28. The van der Waals surface area contributed by atoms with E-state index in [-0.39, 0.29) is 23.9 Å². The van der Waals surface area contributed by atoms with Gasteiger partial charge < -0.3 is 10.1 Å². The first-order chi connectivity index (χ1) is 10.1. The molecule has 108 valence electrons. The highest BCUT2D eigenvalue weighted by molar-refractivity contribution is 6.33. The Morgan fingerprint density at radius 1 is 1.24 bits per heavy atom. The Hall–Kier alpha value is -2.32. The first-order valence-corrected chi connectivity index (χ1v) is 6.45. The van der Waals surface area contributed by atoms with E-state index in [0.29, 0.717) is 5.75 Å². The molecule has 6 heteroatoms. The Bertz CT molecular complexity index is 663. The molecule has 0 fully saturated rings. The van der Waals surface area contributed by atoms with E-state index in [4.69, 9.17) is 21.6 Å². The number of rotatable bonds is 5. The van der Waals surface area contributed by atoms with Crippen molar-refractivity contribution in [3.63, 3.8) is 0 Å². The van der Waals surface area contributed by atoms with Crippen molar-refractivity contribution in [2.75, 3.05) is 11.9 Å². The van der Waals surface area contributed by atoms with Crippen LogP contribution in [0.5, 0.6) is 5.75 Å². The van der Waals surface area contributed by atoms with Crippen LogP contribution in [0.2, 0.25) is 5.02 Å². The maximum absolute atomic E-state index is 13.7. The number of para-hydroxylation sites is 1. The zero-order valence-corrected chi connectivity index (χ0v) is 11.6. The van der Waals surface area contributed by atoms with Crippen molar-refractivity contribution in [2.24, 2.45) is 0 Å². The molecule has 2 aromatic carbocycles. The molecule has 0 amide bonds. The second-order valence-electron chi connectivity index (χ2n) is 4.15. The van der Waals surface area contributed by atoms with Crippen LogP contribution in [0.3, 0.4) is 0 Å². The van der Waals surface area contributed by atoms with E-state index in [1.165, 1.54) is 0 Å². The van der Waals surface area contributed by atoms with Crippen molar-refractivity contribution in [1.29, 1.82) is 5.26 Å². The highest BCUT2D eigenvalue weighted by Gasteiger charge is 2.11. The molecule has 0 aliphatic rings. The third-order valence-corrected chi connectivity index (χ3v) is 3.03. The van der Waals surface area contributed by atoms with Gasteiger partial charge in [0.05, 0.1) is 10.7 Å². The number of anilines is 1. The van der Waals surface area contributed by atoms with Crippen molar-refractivity contribution in [3.8, 4) is 11.8 Å². The molecule has 0 aliphatic carbocycles. The quantitative estimate of drug-likeness (QED) is 0.903. The Kier molecular flexibility index (Phi) is 4.96. The van der Waals surface area contributed by atoms with Crippen LogP contribution in [0.15, 0.2) is 36.4 Å². The normalized spacial score (nSPS) is 10.0. The van der Waals surface area contributed by atoms with Gasteiger partial charge in [0, 0.05) is 18.2 Å². The molecule has 0 atom stereocenters. The van der Waals surface area contributed by atoms with Gasteiger partial charge >= 0.3 is 0 Å². The summed E-state index contributed by atoms with van der Waals surface area (Å²) in [6.45, 7) is 0.145. The van der Waals surface area contributed by atoms with Crippen LogP contribution in [0.25, 0.3) is 0 Å². The molecule has 0 aromatic heterocycles. The largest absolute Gasteiger partial charge is 0.478 e. The summed E-state index contributed by atoms with van der Waals surface area (Å²) in [6, 6.07) is 10.7. The summed E-state index contributed by atoms with van der Waals surface area (Å²) >= 11 is 5.81. The number of ether oxygens (including phenoxy) is 1. The lowest BCUT2D eigenvalue weighted by Crippen LogP contribution is -2.05. The smallest absolute Gasteiger partial charge is 0.174 e. The Balaban J connectivity index is 2.16. The van der Waals surface area contributed by atoms with Crippen LogP contribution in [-0.4, -0.2) is 6.61 Å². The van der Waals surface area contributed by atoms with Crippen LogP contribution in [0, 0.1) is 23.0 Å². The fraction of sp³-hybridized carbons (Fsp3) is 0.133. The minimum absolute atomic E-state index is 0.0214. The van der Waals surface area contributed by atoms with Gasteiger partial charge in [0.25, 0.3) is 0 Å². The second-order valence-corrected chi connectivity index (χ2v) is 4.56. The minimum atomic E-state index is -0.768. The average Bonchev–Trinajstić information content (AvgIpc) is 2.45. The van der Waals surface area contributed by atoms with E-state index >= 15 is 0 Å². The molecule has 0 saturated carbocycles. The van der Waals surface area contributed by atoms with Gasteiger partial charge in [-0.05, 0) is 12.1 Å². The lowest BCUT2D eigenvalue weighted by Gasteiger charge is -2.12. The molecule has 0 unspecified atom stereocenters. The number of hydrogen-bond acceptors (Lipinski definition) is 3. The number of nitrogens with zero attached hydrogens (tertiary/aromatic N) is 1. The molecule has 2 rings (SSSR count). The first kappa shape index (κ1) is 15.1. The minimum Gasteiger partial charge on any atom is -0.478 e. The fourth-order valence-electron chi connectivity index (χ4n) is 1.80. The van der Waals surface area contributed by atoms with E-state index in [9.17, 15) is 8.78 Å². The molecule has 0 radical (unpaired) electrons. The van der Waals surface area contributed by atoms with E-state index in [1.54, 1.807) is 24.3 Å². The standard InChI is InChI=1S/C15H11ClF2N2O/c16-12-7-11(17)8-13(18)15(12)20-9-10-3-1-2-4-14(10)21-6-5-19/h1-4,7-8,20H,6,9H2. The first-order valence-electron chi connectivity index (χ1n) is 6.08. The lowest BCUT2D eigenvalue weighted by molar-refractivity contribution is 0.364. The second kappa shape index (κ2) is 6.91. The summed E-state index contributed by atoms with van der Waals surface area (Å²) in [4.78, 5) is 0. The zero-order valence-electron chi connectivity index (χ0n) is 10.9. The molecule has 0 bridgehead atoms. The Morgan fingerprint density at radius 2 is 2.00 bits per heavy atom. The number of benzene rings is 2. The number of halogens is 3. The number of hydrogen-bond donors (Lipinski definition) is 1. The molecule has 0 saturated heterocycles. The maximum atomic E-state index is 13.7. The van der Waals surface area contributed by atoms with E-state index in [1.807, 2.05) is 6.07 Å². The van der Waals surface area contributed by atoms with Gasteiger partial charge in [0.15, 0.2) is 12.4 Å². The molecular weight excluding hydrogens is 298 g/mol. The molecule has 0 spiro atoms. The van der Waals surface area contributed by atoms with Gasteiger partial charge in [-0.25, -0.2) is 8.78 Å². The van der Waals surface area contributed by atoms with E-state index < -0.39 is 11.6 Å². The van der Waals surface area contributed by atoms with Crippen LogP contribution < -0.4 is 10.1 Å². The molecular formula is C15H11ClF2N2O. The molecule has 1 N–H and O–H groups in total. The highest BCUT2D eigenvalue weighted by atomic mass is 35.5. The zero-order chi connectivity index (χ0) is 15.2. The predicted molar refractivity (Wildman–Crippen MR) is 76.2 cm³/mol. The van der Waals surface area contributed by atoms with Crippen molar-refractivity contribution < 1.29 is 13.5 Å². The van der Waals surface area contributed by atoms with Gasteiger partial charge in [-0.2, -0.15) is 5.26 Å². The van der Waals surface area contributed by atoms with Crippen molar-refractivity contribution in [3.05, 3.63) is 58.6 Å². The van der Waals surface area contributed by atoms with Crippen molar-refractivity contribution in [2.45, 2.75) is 6.54 Å². The summed E-state index contributed by atoms with van der Waals surface area (Å²) < 4.78 is 31.9. The third kappa shape index (κ3) is 3.83. The van der Waals surface area contributed by atoms with Crippen molar-refractivity contribution in [1.82, 2.24) is 0 Å². The molecule has 2 aromatic rings. The maximum Gasteiger partial charge on any atom is 0.174 e. The predicted octanol–water partition coefficient (Wildman–Crippen LogP) is 4.13. The summed E-state index contributed by atoms with van der Waals surface area (Å²) in [6.07, 6.45) is 0. The topological polar surface area (TPSA) is 45.0 Å².